The Labute approximate surface area is 175 Å². The van der Waals surface area contributed by atoms with Crippen molar-refractivity contribution in [3.63, 3.8) is 0 Å². The highest BCUT2D eigenvalue weighted by Crippen LogP contribution is 2.32. The van der Waals surface area contributed by atoms with E-state index in [1.165, 1.54) is 89.0 Å². The van der Waals surface area contributed by atoms with Crippen molar-refractivity contribution in [2.75, 3.05) is 0 Å². The molecule has 158 valence electrons. The predicted molar refractivity (Wildman–Crippen MR) is 124 cm³/mol. The number of halogens is 1. The standard InChI is InChI=1S/C25H43Cl.H3N/c1-4-5-6-7-8-9-10-11-12-13-14-16-19-23(2)25(3,26)22-24-20-17-15-18-21-24;/h15,17-18,20-21,23H,4-14,16,19,22H2,1-3H3;1H3. The van der Waals surface area contributed by atoms with Crippen molar-refractivity contribution >= 4 is 11.6 Å². The van der Waals surface area contributed by atoms with Gasteiger partial charge in [-0.1, -0.05) is 121 Å². The molecule has 0 saturated carbocycles. The van der Waals surface area contributed by atoms with Gasteiger partial charge in [0.2, 0.25) is 0 Å². The van der Waals surface area contributed by atoms with Gasteiger partial charge in [-0.15, -0.1) is 11.6 Å². The van der Waals surface area contributed by atoms with Gasteiger partial charge in [-0.2, -0.15) is 0 Å². The van der Waals surface area contributed by atoms with E-state index in [9.17, 15) is 0 Å². The van der Waals surface area contributed by atoms with E-state index >= 15 is 0 Å². The normalized spacial score (nSPS) is 14.4. The van der Waals surface area contributed by atoms with Crippen LogP contribution in [-0.2, 0) is 6.42 Å². The third-order valence-electron chi connectivity index (χ3n) is 5.91. The molecule has 1 nitrogen and oxygen atoms in total. The van der Waals surface area contributed by atoms with Crippen LogP contribution in [0.3, 0.4) is 0 Å². The Morgan fingerprint density at radius 1 is 0.778 bits per heavy atom. The van der Waals surface area contributed by atoms with Crippen LogP contribution in [0.4, 0.5) is 0 Å². The Balaban J connectivity index is 0.00000676. The number of rotatable bonds is 16. The van der Waals surface area contributed by atoms with Gasteiger partial charge in [0.1, 0.15) is 0 Å². The SMILES string of the molecule is CCCCCCCCCCCCCCC(C)C(C)(Cl)Cc1ccccc1.N. The molecule has 1 aromatic rings. The molecular formula is C25H46ClN. The van der Waals surface area contributed by atoms with Crippen LogP contribution in [0.15, 0.2) is 30.3 Å². The lowest BCUT2D eigenvalue weighted by molar-refractivity contribution is 0.376. The van der Waals surface area contributed by atoms with Crippen molar-refractivity contribution in [3.05, 3.63) is 35.9 Å². The van der Waals surface area contributed by atoms with Crippen molar-refractivity contribution in [2.45, 2.75) is 116 Å². The molecule has 1 rings (SSSR count). The molecular weight excluding hydrogens is 350 g/mol. The Bertz CT molecular complexity index is 429. The Hall–Kier alpha value is -0.530. The molecule has 0 aliphatic heterocycles. The lowest BCUT2D eigenvalue weighted by Gasteiger charge is -2.29. The van der Waals surface area contributed by atoms with E-state index in [0.29, 0.717) is 5.92 Å². The van der Waals surface area contributed by atoms with E-state index in [4.69, 9.17) is 11.6 Å². The van der Waals surface area contributed by atoms with Crippen molar-refractivity contribution < 1.29 is 0 Å². The highest BCUT2D eigenvalue weighted by atomic mass is 35.5. The zero-order valence-corrected chi connectivity index (χ0v) is 19.2. The van der Waals surface area contributed by atoms with E-state index in [1.807, 2.05) is 0 Å². The minimum absolute atomic E-state index is 0. The van der Waals surface area contributed by atoms with E-state index in [1.54, 1.807) is 0 Å². The van der Waals surface area contributed by atoms with Gasteiger partial charge >= 0.3 is 0 Å². The summed E-state index contributed by atoms with van der Waals surface area (Å²) in [6, 6.07) is 10.7. The van der Waals surface area contributed by atoms with Crippen LogP contribution >= 0.6 is 11.6 Å². The predicted octanol–water partition coefficient (Wildman–Crippen LogP) is 9.12. The van der Waals surface area contributed by atoms with Crippen molar-refractivity contribution in [1.82, 2.24) is 6.15 Å². The van der Waals surface area contributed by atoms with Gasteiger partial charge in [0.05, 0.1) is 0 Å². The summed E-state index contributed by atoms with van der Waals surface area (Å²) < 4.78 is 0. The minimum atomic E-state index is -0.126. The molecule has 2 unspecified atom stereocenters. The number of alkyl halides is 1. The monoisotopic (exact) mass is 395 g/mol. The molecule has 0 aromatic heterocycles. The highest BCUT2D eigenvalue weighted by molar-refractivity contribution is 6.24. The first-order valence-electron chi connectivity index (χ1n) is 11.3. The van der Waals surface area contributed by atoms with Crippen LogP contribution in [0.5, 0.6) is 0 Å². The minimum Gasteiger partial charge on any atom is -0.344 e. The summed E-state index contributed by atoms with van der Waals surface area (Å²) in [7, 11) is 0. The van der Waals surface area contributed by atoms with Gasteiger partial charge in [-0.25, -0.2) is 0 Å². The molecule has 0 aliphatic carbocycles. The smallest absolute Gasteiger partial charge is 0.0484 e. The van der Waals surface area contributed by atoms with E-state index in [2.05, 4.69) is 51.1 Å². The topological polar surface area (TPSA) is 35.0 Å². The molecule has 0 radical (unpaired) electrons. The van der Waals surface area contributed by atoms with Crippen molar-refractivity contribution in [2.24, 2.45) is 5.92 Å². The second kappa shape index (κ2) is 16.4. The van der Waals surface area contributed by atoms with Gasteiger partial charge in [0.25, 0.3) is 0 Å². The van der Waals surface area contributed by atoms with Crippen LogP contribution in [0.2, 0.25) is 0 Å². The summed E-state index contributed by atoms with van der Waals surface area (Å²) in [5.74, 6) is 0.562. The third-order valence-corrected chi connectivity index (χ3v) is 6.42. The Morgan fingerprint density at radius 3 is 1.70 bits per heavy atom. The Morgan fingerprint density at radius 2 is 1.22 bits per heavy atom. The molecule has 0 fully saturated rings. The highest BCUT2D eigenvalue weighted by Gasteiger charge is 2.28. The summed E-state index contributed by atoms with van der Waals surface area (Å²) in [6.07, 6.45) is 19.2. The van der Waals surface area contributed by atoms with E-state index in [0.717, 1.165) is 6.42 Å². The van der Waals surface area contributed by atoms with E-state index < -0.39 is 0 Å². The van der Waals surface area contributed by atoms with Crippen LogP contribution in [0, 0.1) is 5.92 Å². The largest absolute Gasteiger partial charge is 0.344 e. The fourth-order valence-electron chi connectivity index (χ4n) is 3.76. The Kier molecular flexibility index (Phi) is 16.1. The fourth-order valence-corrected chi connectivity index (χ4v) is 4.03. The zero-order valence-electron chi connectivity index (χ0n) is 18.4. The maximum Gasteiger partial charge on any atom is 0.0484 e. The van der Waals surface area contributed by atoms with Crippen molar-refractivity contribution in [1.29, 1.82) is 0 Å². The fraction of sp³-hybridized carbons (Fsp3) is 0.760. The first-order chi connectivity index (χ1) is 12.6. The lowest BCUT2D eigenvalue weighted by atomic mass is 9.85. The average molecular weight is 396 g/mol. The van der Waals surface area contributed by atoms with Gasteiger partial charge in [0.15, 0.2) is 0 Å². The molecule has 0 aliphatic rings. The van der Waals surface area contributed by atoms with Gasteiger partial charge in [-0.3, -0.25) is 0 Å². The lowest BCUT2D eigenvalue weighted by Crippen LogP contribution is -2.29. The molecule has 3 N–H and O–H groups in total. The second-order valence-corrected chi connectivity index (χ2v) is 9.38. The second-order valence-electron chi connectivity index (χ2n) is 8.52. The summed E-state index contributed by atoms with van der Waals surface area (Å²) in [6.45, 7) is 6.83. The summed E-state index contributed by atoms with van der Waals surface area (Å²) in [4.78, 5) is -0.126. The number of unbranched alkanes of at least 4 members (excludes halogenated alkanes) is 11. The van der Waals surface area contributed by atoms with Gasteiger partial charge in [0, 0.05) is 4.87 Å². The number of hydrogen-bond donors (Lipinski definition) is 1. The third kappa shape index (κ3) is 13.3. The van der Waals surface area contributed by atoms with Crippen LogP contribution in [0.1, 0.15) is 110 Å². The van der Waals surface area contributed by atoms with Crippen LogP contribution in [-0.4, -0.2) is 4.87 Å². The molecule has 1 aromatic carbocycles. The van der Waals surface area contributed by atoms with Gasteiger partial charge < -0.3 is 6.15 Å². The molecule has 27 heavy (non-hydrogen) atoms. The summed E-state index contributed by atoms with van der Waals surface area (Å²) in [5.41, 5.74) is 1.35. The quantitative estimate of drug-likeness (QED) is 0.219. The average Bonchev–Trinajstić information content (AvgIpc) is 2.63. The van der Waals surface area contributed by atoms with Crippen LogP contribution in [0.25, 0.3) is 0 Å². The molecule has 2 atom stereocenters. The summed E-state index contributed by atoms with van der Waals surface area (Å²) >= 11 is 6.86. The molecule has 2 heteroatoms. The summed E-state index contributed by atoms with van der Waals surface area (Å²) in [5, 5.41) is 0. The molecule has 0 heterocycles. The van der Waals surface area contributed by atoms with Crippen molar-refractivity contribution in [3.8, 4) is 0 Å². The maximum atomic E-state index is 6.86. The molecule has 0 bridgehead atoms. The van der Waals surface area contributed by atoms with Gasteiger partial charge in [-0.05, 0) is 31.2 Å². The number of benzene rings is 1. The zero-order chi connectivity index (χ0) is 19.1. The van der Waals surface area contributed by atoms with Crippen LogP contribution < -0.4 is 6.15 Å². The molecule has 0 spiro atoms. The first-order valence-corrected chi connectivity index (χ1v) is 11.7. The first kappa shape index (κ1) is 26.5. The number of hydrogen-bond acceptors (Lipinski definition) is 1. The molecule has 0 saturated heterocycles. The maximum absolute atomic E-state index is 6.86. The van der Waals surface area contributed by atoms with E-state index in [-0.39, 0.29) is 11.0 Å². The molecule has 0 amide bonds.